The van der Waals surface area contributed by atoms with E-state index in [1.54, 1.807) is 0 Å². The van der Waals surface area contributed by atoms with Crippen LogP contribution in [-0.2, 0) is 4.79 Å². The van der Waals surface area contributed by atoms with Crippen molar-refractivity contribution in [2.24, 2.45) is 22.6 Å². The number of nitrogens with zero attached hydrogens (tertiary/aromatic N) is 3. The minimum atomic E-state index is -0.109. The van der Waals surface area contributed by atoms with Gasteiger partial charge in [-0.1, -0.05) is 46.2 Å². The summed E-state index contributed by atoms with van der Waals surface area (Å²) in [5.74, 6) is 1.75. The van der Waals surface area contributed by atoms with Crippen LogP contribution in [0, 0.1) is 43.9 Å². The molecule has 1 saturated carbocycles. The summed E-state index contributed by atoms with van der Waals surface area (Å²) in [4.78, 5) is 33.4. The van der Waals surface area contributed by atoms with Gasteiger partial charge in [0.15, 0.2) is 5.78 Å². The average molecular weight is 637 g/mol. The maximum atomic E-state index is 12.6. The predicted molar refractivity (Wildman–Crippen MR) is 191 cm³/mol. The lowest BCUT2D eigenvalue weighted by atomic mass is 9.91. The third-order valence-corrected chi connectivity index (χ3v) is 8.28. The summed E-state index contributed by atoms with van der Waals surface area (Å²) >= 11 is 0. The minimum absolute atomic E-state index is 0.0561. The van der Waals surface area contributed by atoms with E-state index in [1.807, 2.05) is 84.0 Å². The molecule has 7 heteroatoms. The van der Waals surface area contributed by atoms with Gasteiger partial charge >= 0.3 is 0 Å². The predicted octanol–water partition coefficient (Wildman–Crippen LogP) is 9.18. The molecule has 0 bridgehead atoms. The molecule has 1 aliphatic rings. The SMILES string of the molecule is CCC(=O)c1cc(C)c(-c2ccc(C#N)c(C)c2)c(C)c1.CCCC(CC(C)C)C(=O)N=C(N)c1ccc(OC(C)C)nc1C1CC1. The van der Waals surface area contributed by atoms with Gasteiger partial charge in [-0.15, -0.1) is 0 Å². The molecule has 47 heavy (non-hydrogen) atoms. The zero-order valence-electron chi connectivity index (χ0n) is 29.7. The van der Waals surface area contributed by atoms with Gasteiger partial charge in [0.25, 0.3) is 5.91 Å². The standard InChI is InChI=1S/C21H33N3O2.C19H19NO/c1-6-7-16(12-13(2)3)21(25)24-20(22)17-10-11-18(26-14(4)5)23-19(17)15-8-9-15;1-5-18(21)17-9-13(3)19(14(4)10-17)15-6-7-16(11-20)12(2)8-15/h10-11,13-16H,6-9,12H2,1-5H3,(H2,22,24,25);6-10H,5H2,1-4H3. The van der Waals surface area contributed by atoms with Gasteiger partial charge in [0.05, 0.1) is 23.4 Å². The Morgan fingerprint density at radius 1 is 1.00 bits per heavy atom. The van der Waals surface area contributed by atoms with Crippen LogP contribution in [0.3, 0.4) is 0 Å². The lowest BCUT2D eigenvalue weighted by Gasteiger charge is -2.16. The van der Waals surface area contributed by atoms with Gasteiger partial charge in [0.2, 0.25) is 5.88 Å². The van der Waals surface area contributed by atoms with Gasteiger partial charge in [-0.3, -0.25) is 9.59 Å². The van der Waals surface area contributed by atoms with Gasteiger partial charge in [0.1, 0.15) is 5.84 Å². The third-order valence-electron chi connectivity index (χ3n) is 8.28. The highest BCUT2D eigenvalue weighted by atomic mass is 16.5. The second-order valence-corrected chi connectivity index (χ2v) is 13.4. The lowest BCUT2D eigenvalue weighted by molar-refractivity contribution is -0.122. The van der Waals surface area contributed by atoms with Crippen LogP contribution < -0.4 is 10.5 Å². The summed E-state index contributed by atoms with van der Waals surface area (Å²) in [6, 6.07) is 15.7. The van der Waals surface area contributed by atoms with Gasteiger partial charge < -0.3 is 10.5 Å². The first-order valence-corrected chi connectivity index (χ1v) is 17.0. The number of pyridine rings is 1. The second kappa shape index (κ2) is 17.0. The second-order valence-electron chi connectivity index (χ2n) is 13.4. The average Bonchev–Trinajstić information content (AvgIpc) is 3.86. The summed E-state index contributed by atoms with van der Waals surface area (Å²) < 4.78 is 5.70. The number of nitriles is 1. The zero-order valence-corrected chi connectivity index (χ0v) is 29.7. The minimum Gasteiger partial charge on any atom is -0.475 e. The van der Waals surface area contributed by atoms with Crippen LogP contribution in [0.25, 0.3) is 11.1 Å². The quantitative estimate of drug-likeness (QED) is 0.120. The molecule has 1 unspecified atom stereocenters. The number of rotatable bonds is 12. The van der Waals surface area contributed by atoms with E-state index in [-0.39, 0.29) is 29.5 Å². The number of aryl methyl sites for hydroxylation is 3. The molecule has 0 aliphatic heterocycles. The lowest BCUT2D eigenvalue weighted by Crippen LogP contribution is -2.22. The number of hydrogen-bond donors (Lipinski definition) is 1. The Labute approximate surface area is 281 Å². The summed E-state index contributed by atoms with van der Waals surface area (Å²) in [5, 5.41) is 9.03. The van der Waals surface area contributed by atoms with Gasteiger partial charge in [0, 0.05) is 35.4 Å². The van der Waals surface area contributed by atoms with Crippen LogP contribution in [0.15, 0.2) is 47.5 Å². The topological polar surface area (TPSA) is 118 Å². The fraction of sp³-hybridized carbons (Fsp3) is 0.475. The number of ether oxygens (including phenoxy) is 1. The Morgan fingerprint density at radius 3 is 2.17 bits per heavy atom. The smallest absolute Gasteiger partial charge is 0.250 e. The zero-order chi connectivity index (χ0) is 34.8. The summed E-state index contributed by atoms with van der Waals surface area (Å²) in [5.41, 5.74) is 14.8. The third kappa shape index (κ3) is 10.3. The molecular formula is C40H52N4O3. The molecule has 250 valence electrons. The van der Waals surface area contributed by atoms with Crippen molar-refractivity contribution in [3.8, 4) is 23.1 Å². The van der Waals surface area contributed by atoms with Crippen LogP contribution in [0.5, 0.6) is 5.88 Å². The molecule has 1 heterocycles. The van der Waals surface area contributed by atoms with E-state index < -0.39 is 0 Å². The van der Waals surface area contributed by atoms with Crippen molar-refractivity contribution < 1.29 is 14.3 Å². The van der Waals surface area contributed by atoms with E-state index in [1.165, 1.54) is 0 Å². The highest BCUT2D eigenvalue weighted by molar-refractivity contribution is 6.05. The van der Waals surface area contributed by atoms with E-state index in [0.717, 1.165) is 76.7 Å². The number of aromatic nitrogens is 1. The number of Topliss-reactive ketones (excluding diaryl/α,β-unsaturated/α-hetero) is 1. The molecule has 7 nitrogen and oxygen atoms in total. The molecule has 0 spiro atoms. The van der Waals surface area contributed by atoms with Crippen molar-refractivity contribution >= 4 is 17.5 Å². The van der Waals surface area contributed by atoms with Crippen LogP contribution in [0.2, 0.25) is 0 Å². The molecule has 0 saturated heterocycles. The molecule has 1 aromatic heterocycles. The Kier molecular flexibility index (Phi) is 13.5. The molecule has 1 fully saturated rings. The summed E-state index contributed by atoms with van der Waals surface area (Å²) in [6.45, 7) is 18.2. The molecule has 1 amide bonds. The van der Waals surface area contributed by atoms with E-state index in [9.17, 15) is 9.59 Å². The first-order chi connectivity index (χ1) is 22.3. The van der Waals surface area contributed by atoms with Gasteiger partial charge in [-0.25, -0.2) is 4.98 Å². The van der Waals surface area contributed by atoms with Crippen molar-refractivity contribution in [2.75, 3.05) is 0 Å². The molecule has 1 atom stereocenters. The van der Waals surface area contributed by atoms with E-state index in [4.69, 9.17) is 15.7 Å². The molecule has 1 aliphatic carbocycles. The Hall–Kier alpha value is -4.31. The maximum Gasteiger partial charge on any atom is 0.250 e. The normalized spacial score (nSPS) is 13.5. The number of amides is 1. The number of carbonyl (C=O) groups is 2. The molecule has 2 aromatic carbocycles. The maximum absolute atomic E-state index is 12.6. The van der Waals surface area contributed by atoms with E-state index >= 15 is 0 Å². The number of nitrogens with two attached hydrogens (primary N) is 1. The van der Waals surface area contributed by atoms with Crippen LogP contribution in [0.4, 0.5) is 0 Å². The van der Waals surface area contributed by atoms with Crippen molar-refractivity contribution in [2.45, 2.75) is 113 Å². The first kappa shape index (κ1) is 37.2. The van der Waals surface area contributed by atoms with Gasteiger partial charge in [-0.05, 0) is 118 Å². The van der Waals surface area contributed by atoms with Gasteiger partial charge in [-0.2, -0.15) is 10.3 Å². The monoisotopic (exact) mass is 636 g/mol. The summed E-state index contributed by atoms with van der Waals surface area (Å²) in [6.07, 6.45) is 5.44. The molecular weight excluding hydrogens is 584 g/mol. The van der Waals surface area contributed by atoms with Crippen LogP contribution in [-0.4, -0.2) is 28.6 Å². The number of hydrogen-bond acceptors (Lipinski definition) is 5. The van der Waals surface area contributed by atoms with Crippen molar-refractivity contribution in [1.82, 2.24) is 4.98 Å². The first-order valence-electron chi connectivity index (χ1n) is 17.0. The van der Waals surface area contributed by atoms with Crippen molar-refractivity contribution in [3.05, 3.63) is 81.5 Å². The van der Waals surface area contributed by atoms with Crippen molar-refractivity contribution in [1.29, 1.82) is 5.26 Å². The Balaban J connectivity index is 0.000000261. The van der Waals surface area contributed by atoms with Crippen molar-refractivity contribution in [3.63, 3.8) is 0 Å². The number of benzene rings is 2. The fourth-order valence-electron chi connectivity index (χ4n) is 5.91. The Morgan fingerprint density at radius 2 is 1.66 bits per heavy atom. The largest absolute Gasteiger partial charge is 0.475 e. The number of ketones is 1. The fourth-order valence-corrected chi connectivity index (χ4v) is 5.91. The highest BCUT2D eigenvalue weighted by Gasteiger charge is 2.30. The highest BCUT2D eigenvalue weighted by Crippen LogP contribution is 2.41. The number of amidine groups is 1. The number of carbonyl (C=O) groups excluding carboxylic acids is 2. The molecule has 2 N–H and O–H groups in total. The molecule has 3 aromatic rings. The van der Waals surface area contributed by atoms with E-state index in [0.29, 0.717) is 29.7 Å². The number of aliphatic imine (C=N–C) groups is 1. The van der Waals surface area contributed by atoms with E-state index in [2.05, 4.69) is 36.8 Å². The Bertz CT molecular complexity index is 1620. The molecule has 4 rings (SSSR count). The van der Waals surface area contributed by atoms with Crippen LogP contribution in [0.1, 0.15) is 130 Å². The molecule has 0 radical (unpaired) electrons. The van der Waals surface area contributed by atoms with Crippen LogP contribution >= 0.6 is 0 Å². The summed E-state index contributed by atoms with van der Waals surface area (Å²) in [7, 11) is 0.